The number of nitrogens with zero attached hydrogens (tertiary/aromatic N) is 1. The molecule has 2 aromatic rings. The molecule has 1 amide bonds. The molecule has 2 rings (SSSR count). The van der Waals surface area contributed by atoms with Crippen molar-refractivity contribution < 1.29 is 13.2 Å². The summed E-state index contributed by atoms with van der Waals surface area (Å²) in [5.41, 5.74) is 3.20. The van der Waals surface area contributed by atoms with Crippen LogP contribution in [0.3, 0.4) is 0 Å². The fraction of sp³-hybridized carbons (Fsp3) is 0.316. The van der Waals surface area contributed by atoms with Crippen molar-refractivity contribution in [1.82, 2.24) is 9.62 Å². The molecule has 25 heavy (non-hydrogen) atoms. The molecule has 6 heteroatoms. The monoisotopic (exact) mass is 360 g/mol. The molecule has 0 aliphatic rings. The van der Waals surface area contributed by atoms with Gasteiger partial charge in [0.25, 0.3) is 0 Å². The summed E-state index contributed by atoms with van der Waals surface area (Å²) >= 11 is 0. The Morgan fingerprint density at radius 2 is 1.68 bits per heavy atom. The van der Waals surface area contributed by atoms with Gasteiger partial charge in [-0.25, -0.2) is 13.1 Å². The summed E-state index contributed by atoms with van der Waals surface area (Å²) in [5, 5.41) is 0. The molecule has 0 fully saturated rings. The summed E-state index contributed by atoms with van der Waals surface area (Å²) in [5.74, 6) is -0.102. The maximum atomic E-state index is 12.2. The Bertz CT molecular complexity index is 830. The molecule has 0 aromatic heterocycles. The number of carbonyl (C=O) groups excluding carboxylic acids is 1. The van der Waals surface area contributed by atoms with Crippen molar-refractivity contribution in [3.8, 4) is 0 Å². The van der Waals surface area contributed by atoms with Crippen molar-refractivity contribution in [2.75, 3.05) is 13.6 Å². The third-order valence-electron chi connectivity index (χ3n) is 4.06. The Morgan fingerprint density at radius 1 is 1.04 bits per heavy atom. The molecule has 0 unspecified atom stereocenters. The smallest absolute Gasteiger partial charge is 0.240 e. The van der Waals surface area contributed by atoms with Crippen LogP contribution in [0.4, 0.5) is 0 Å². The second-order valence-corrected chi connectivity index (χ2v) is 7.90. The van der Waals surface area contributed by atoms with E-state index in [1.807, 2.05) is 38.1 Å². The summed E-state index contributed by atoms with van der Waals surface area (Å²) < 4.78 is 26.9. The Kier molecular flexibility index (Phi) is 6.33. The van der Waals surface area contributed by atoms with Gasteiger partial charge in [-0.3, -0.25) is 4.79 Å². The van der Waals surface area contributed by atoms with Crippen LogP contribution in [0.25, 0.3) is 0 Å². The molecule has 134 valence electrons. The van der Waals surface area contributed by atoms with Crippen LogP contribution < -0.4 is 4.72 Å². The van der Waals surface area contributed by atoms with E-state index in [0.29, 0.717) is 6.54 Å². The summed E-state index contributed by atoms with van der Waals surface area (Å²) in [6.07, 6.45) is 0.119. The second-order valence-electron chi connectivity index (χ2n) is 6.14. The number of carbonyl (C=O) groups is 1. The maximum absolute atomic E-state index is 12.2. The van der Waals surface area contributed by atoms with E-state index in [0.717, 1.165) is 16.7 Å². The topological polar surface area (TPSA) is 66.5 Å². The van der Waals surface area contributed by atoms with Crippen molar-refractivity contribution >= 4 is 15.9 Å². The molecular formula is C19H24N2O3S. The van der Waals surface area contributed by atoms with Gasteiger partial charge in [-0.2, -0.15) is 0 Å². The molecule has 0 radical (unpaired) electrons. The lowest BCUT2D eigenvalue weighted by Crippen LogP contribution is -2.32. The molecule has 0 spiro atoms. The first kappa shape index (κ1) is 19.1. The minimum atomic E-state index is -3.58. The zero-order chi connectivity index (χ0) is 18.4. The number of aryl methyl sites for hydroxylation is 2. The van der Waals surface area contributed by atoms with Crippen LogP contribution in [0.5, 0.6) is 0 Å². The standard InChI is InChI=1S/C19H24N2O3S/c1-15-8-10-18(11-9-15)25(23,24)20-13-12-19(22)21(3)14-17-7-5-4-6-16(17)2/h4-11,20H,12-14H2,1-3H3. The number of amides is 1. The lowest BCUT2D eigenvalue weighted by atomic mass is 10.1. The van der Waals surface area contributed by atoms with E-state index >= 15 is 0 Å². The summed E-state index contributed by atoms with van der Waals surface area (Å²) in [6.45, 7) is 4.49. The minimum absolute atomic E-state index is 0.0765. The molecular weight excluding hydrogens is 336 g/mol. The van der Waals surface area contributed by atoms with E-state index in [9.17, 15) is 13.2 Å². The Morgan fingerprint density at radius 3 is 2.32 bits per heavy atom. The molecule has 0 aliphatic heterocycles. The van der Waals surface area contributed by atoms with Gasteiger partial charge in [-0.1, -0.05) is 42.0 Å². The van der Waals surface area contributed by atoms with Crippen molar-refractivity contribution in [3.05, 3.63) is 65.2 Å². The first-order chi connectivity index (χ1) is 11.8. The highest BCUT2D eigenvalue weighted by Gasteiger charge is 2.15. The number of nitrogens with one attached hydrogen (secondary N) is 1. The third kappa shape index (κ3) is 5.41. The fourth-order valence-corrected chi connectivity index (χ4v) is 3.45. The van der Waals surface area contributed by atoms with E-state index in [1.165, 1.54) is 0 Å². The second kappa shape index (κ2) is 8.27. The van der Waals surface area contributed by atoms with E-state index in [-0.39, 0.29) is 23.8 Å². The van der Waals surface area contributed by atoms with E-state index in [1.54, 1.807) is 36.2 Å². The van der Waals surface area contributed by atoms with Gasteiger partial charge in [0, 0.05) is 26.6 Å². The SMILES string of the molecule is Cc1ccc(S(=O)(=O)NCCC(=O)N(C)Cc2ccccc2C)cc1. The van der Waals surface area contributed by atoms with Gasteiger partial charge in [0.1, 0.15) is 0 Å². The average molecular weight is 360 g/mol. The van der Waals surface area contributed by atoms with Gasteiger partial charge < -0.3 is 4.90 Å². The fourth-order valence-electron chi connectivity index (χ4n) is 2.42. The lowest BCUT2D eigenvalue weighted by Gasteiger charge is -2.18. The van der Waals surface area contributed by atoms with E-state index < -0.39 is 10.0 Å². The molecule has 0 bridgehead atoms. The van der Waals surface area contributed by atoms with Crippen molar-refractivity contribution in [2.24, 2.45) is 0 Å². The summed E-state index contributed by atoms with van der Waals surface area (Å²) in [7, 11) is -1.86. The predicted octanol–water partition coefficient (Wildman–Crippen LogP) is 2.63. The molecule has 0 saturated heterocycles. The largest absolute Gasteiger partial charge is 0.341 e. The van der Waals surface area contributed by atoms with Gasteiger partial charge in [-0.15, -0.1) is 0 Å². The first-order valence-corrected chi connectivity index (χ1v) is 9.63. The van der Waals surface area contributed by atoms with Gasteiger partial charge in [0.15, 0.2) is 0 Å². The molecule has 0 saturated carbocycles. The minimum Gasteiger partial charge on any atom is -0.341 e. The summed E-state index contributed by atoms with van der Waals surface area (Å²) in [6, 6.07) is 14.5. The Hall–Kier alpha value is -2.18. The normalized spacial score (nSPS) is 11.3. The van der Waals surface area contributed by atoms with Crippen molar-refractivity contribution in [2.45, 2.75) is 31.7 Å². The van der Waals surface area contributed by atoms with Gasteiger partial charge >= 0.3 is 0 Å². The van der Waals surface area contributed by atoms with Crippen LogP contribution in [-0.4, -0.2) is 32.8 Å². The Labute approximate surface area is 149 Å². The molecule has 2 aromatic carbocycles. The van der Waals surface area contributed by atoms with Crippen molar-refractivity contribution in [3.63, 3.8) is 0 Å². The highest BCUT2D eigenvalue weighted by atomic mass is 32.2. The molecule has 1 N–H and O–H groups in total. The lowest BCUT2D eigenvalue weighted by molar-refractivity contribution is -0.130. The molecule has 0 aliphatic carbocycles. The molecule has 5 nitrogen and oxygen atoms in total. The van der Waals surface area contributed by atoms with Gasteiger partial charge in [0.05, 0.1) is 4.90 Å². The van der Waals surface area contributed by atoms with Gasteiger partial charge in [0.2, 0.25) is 15.9 Å². The quantitative estimate of drug-likeness (QED) is 0.825. The van der Waals surface area contributed by atoms with Crippen LogP contribution in [0.1, 0.15) is 23.1 Å². The highest BCUT2D eigenvalue weighted by Crippen LogP contribution is 2.11. The predicted molar refractivity (Wildman–Crippen MR) is 98.6 cm³/mol. The zero-order valence-electron chi connectivity index (χ0n) is 14.8. The maximum Gasteiger partial charge on any atom is 0.240 e. The number of hydrogen-bond acceptors (Lipinski definition) is 3. The van der Waals surface area contributed by atoms with Crippen LogP contribution in [-0.2, 0) is 21.4 Å². The van der Waals surface area contributed by atoms with Crippen LogP contribution in [0.15, 0.2) is 53.4 Å². The zero-order valence-corrected chi connectivity index (χ0v) is 15.6. The first-order valence-electron chi connectivity index (χ1n) is 8.14. The molecule has 0 heterocycles. The van der Waals surface area contributed by atoms with Crippen LogP contribution in [0, 0.1) is 13.8 Å². The number of hydrogen-bond donors (Lipinski definition) is 1. The average Bonchev–Trinajstić information content (AvgIpc) is 2.57. The van der Waals surface area contributed by atoms with Crippen molar-refractivity contribution in [1.29, 1.82) is 0 Å². The van der Waals surface area contributed by atoms with E-state index in [4.69, 9.17) is 0 Å². The number of rotatable bonds is 7. The number of benzene rings is 2. The summed E-state index contributed by atoms with van der Waals surface area (Å²) in [4.78, 5) is 14.0. The number of sulfonamides is 1. The Balaban J connectivity index is 1.87. The van der Waals surface area contributed by atoms with Crippen LogP contribution in [0.2, 0.25) is 0 Å². The highest BCUT2D eigenvalue weighted by molar-refractivity contribution is 7.89. The van der Waals surface area contributed by atoms with Crippen LogP contribution >= 0.6 is 0 Å². The molecule has 0 atom stereocenters. The van der Waals surface area contributed by atoms with Gasteiger partial charge in [-0.05, 0) is 37.1 Å². The third-order valence-corrected chi connectivity index (χ3v) is 5.53. The van der Waals surface area contributed by atoms with E-state index in [2.05, 4.69) is 4.72 Å².